The zero-order chi connectivity index (χ0) is 23.0. The van der Waals surface area contributed by atoms with Crippen LogP contribution in [0.25, 0.3) is 0 Å². The number of hydrogen-bond acceptors (Lipinski definition) is 6. The lowest BCUT2D eigenvalue weighted by Gasteiger charge is -2.63. The molecule has 4 aliphatic carbocycles. The Balaban J connectivity index is 1.49. The van der Waals surface area contributed by atoms with Crippen molar-refractivity contribution in [3.8, 4) is 0 Å². The second-order valence-corrected chi connectivity index (χ2v) is 11.7. The fraction of sp³-hybridized carbons (Fsp3) is 0.962. The first-order valence-corrected chi connectivity index (χ1v) is 13.2. The quantitative estimate of drug-likeness (QED) is 0.297. The molecule has 0 aromatic heterocycles. The molecule has 0 amide bonds. The topological polar surface area (TPSA) is 103 Å². The van der Waals surface area contributed by atoms with Gasteiger partial charge in [-0.25, -0.2) is 0 Å². The molecule has 0 bridgehead atoms. The highest BCUT2D eigenvalue weighted by Gasteiger charge is 2.67. The molecule has 0 aromatic rings. The molecule has 0 saturated heterocycles. The summed E-state index contributed by atoms with van der Waals surface area (Å²) in [5.41, 5.74) is 11.9. The van der Waals surface area contributed by atoms with Crippen molar-refractivity contribution < 1.29 is 14.7 Å². The van der Waals surface area contributed by atoms with E-state index < -0.39 is 5.60 Å². The second-order valence-electron chi connectivity index (χ2n) is 11.7. The molecular weight excluding hydrogens is 402 g/mol. The predicted octanol–water partition coefficient (Wildman–Crippen LogP) is 3.85. The molecule has 5 N–H and O–H groups in total. The van der Waals surface area contributed by atoms with Gasteiger partial charge in [0, 0.05) is 24.5 Å². The molecule has 0 aromatic carbocycles. The zero-order valence-electron chi connectivity index (χ0n) is 20.7. The maximum Gasteiger partial charge on any atom is 0.129 e. The monoisotopic (exact) mass is 449 g/mol. The molecule has 32 heavy (non-hydrogen) atoms. The molecule has 4 aliphatic rings. The van der Waals surface area contributed by atoms with Gasteiger partial charge in [0.2, 0.25) is 0 Å². The number of nitrogens with two attached hydrogens (primary N) is 2. The van der Waals surface area contributed by atoms with Gasteiger partial charge in [-0.2, -0.15) is 0 Å². The van der Waals surface area contributed by atoms with E-state index in [0.29, 0.717) is 49.0 Å². The molecule has 6 nitrogen and oxygen atoms in total. The third-order valence-electron chi connectivity index (χ3n) is 10.4. The maximum absolute atomic E-state index is 12.3. The number of oxime groups is 1. The zero-order valence-corrected chi connectivity index (χ0v) is 20.7. The van der Waals surface area contributed by atoms with Crippen LogP contribution in [0.3, 0.4) is 0 Å². The van der Waals surface area contributed by atoms with E-state index in [1.54, 1.807) is 0 Å². The van der Waals surface area contributed by atoms with E-state index in [-0.39, 0.29) is 5.41 Å². The highest BCUT2D eigenvalue weighted by Crippen LogP contribution is 2.69. The van der Waals surface area contributed by atoms with Crippen molar-refractivity contribution in [2.75, 3.05) is 26.3 Å². The van der Waals surface area contributed by atoms with Crippen LogP contribution in [0.4, 0.5) is 0 Å². The van der Waals surface area contributed by atoms with E-state index in [4.69, 9.17) is 21.0 Å². The first kappa shape index (κ1) is 24.4. The van der Waals surface area contributed by atoms with E-state index in [0.717, 1.165) is 56.8 Å². The summed E-state index contributed by atoms with van der Waals surface area (Å²) in [5, 5.41) is 16.7. The summed E-state index contributed by atoms with van der Waals surface area (Å²) < 4.78 is 6.18. The Hall–Kier alpha value is -0.690. The minimum Gasteiger partial charge on any atom is -0.395 e. The van der Waals surface area contributed by atoms with Crippen molar-refractivity contribution in [2.24, 2.45) is 51.1 Å². The van der Waals surface area contributed by atoms with E-state index in [9.17, 15) is 5.11 Å². The Bertz CT molecular complexity index is 687. The van der Waals surface area contributed by atoms with E-state index in [1.807, 2.05) is 0 Å². The van der Waals surface area contributed by atoms with Gasteiger partial charge >= 0.3 is 0 Å². The lowest BCUT2D eigenvalue weighted by Crippen LogP contribution is -2.62. The van der Waals surface area contributed by atoms with Crippen LogP contribution >= 0.6 is 0 Å². The minimum atomic E-state index is -0.590. The van der Waals surface area contributed by atoms with Gasteiger partial charge in [0.05, 0.1) is 17.4 Å². The molecular formula is C26H47N3O3. The van der Waals surface area contributed by atoms with Gasteiger partial charge in [-0.1, -0.05) is 19.0 Å². The molecule has 4 rings (SSSR count). The molecule has 4 fully saturated rings. The summed E-state index contributed by atoms with van der Waals surface area (Å²) >= 11 is 0. The SMILES string of the molecule is C/C(=N\OCCN)[C@H]1CC[C@]2(O)[C@@H]3CC[C@@H]4C[C@@H](OCCCN)CC[C@]4(C)[C@H]3CC[C@]12C. The molecule has 184 valence electrons. The van der Waals surface area contributed by atoms with Gasteiger partial charge < -0.3 is 26.1 Å². The third-order valence-corrected chi connectivity index (χ3v) is 10.4. The Kier molecular flexibility index (Phi) is 7.27. The third kappa shape index (κ3) is 3.93. The number of fused-ring (bicyclic) bond motifs is 5. The Labute approximate surface area is 194 Å². The lowest BCUT2D eigenvalue weighted by molar-refractivity contribution is -0.208. The number of ether oxygens (including phenoxy) is 1. The van der Waals surface area contributed by atoms with Crippen LogP contribution in [0, 0.1) is 34.5 Å². The van der Waals surface area contributed by atoms with E-state index in [2.05, 4.69) is 25.9 Å². The van der Waals surface area contributed by atoms with Crippen LogP contribution in [0.5, 0.6) is 0 Å². The standard InChI is InChI=1S/C26H47N3O3/c1-18(29-32-16-14-28)21-9-12-26(30)23-6-5-19-17-20(31-15-4-13-27)7-10-24(19,2)22(23)8-11-25(21,26)3/h19-23,30H,4-17,27-28H2,1-3H3/b29-18+/t19-,20+,21-,22+,23-,24+,25-,26+/m1/s1. The Morgan fingerprint density at radius 2 is 1.78 bits per heavy atom. The first-order valence-electron chi connectivity index (χ1n) is 13.2. The van der Waals surface area contributed by atoms with Crippen molar-refractivity contribution in [3.63, 3.8) is 0 Å². The Morgan fingerprint density at radius 3 is 2.53 bits per heavy atom. The fourth-order valence-corrected chi connectivity index (χ4v) is 8.60. The molecule has 0 unspecified atom stereocenters. The smallest absolute Gasteiger partial charge is 0.129 e. The normalized spacial score (nSPS) is 46.3. The van der Waals surface area contributed by atoms with Crippen molar-refractivity contribution in [1.29, 1.82) is 0 Å². The number of nitrogens with zero attached hydrogens (tertiary/aromatic N) is 1. The average molecular weight is 450 g/mol. The fourth-order valence-electron chi connectivity index (χ4n) is 8.60. The molecule has 0 radical (unpaired) electrons. The minimum absolute atomic E-state index is 0.112. The van der Waals surface area contributed by atoms with E-state index in [1.165, 1.54) is 25.7 Å². The summed E-state index contributed by atoms with van der Waals surface area (Å²) in [6.07, 6.45) is 11.5. The van der Waals surface area contributed by atoms with Crippen molar-refractivity contribution in [2.45, 2.75) is 96.7 Å². The van der Waals surface area contributed by atoms with Crippen LogP contribution in [0.15, 0.2) is 5.16 Å². The summed E-state index contributed by atoms with van der Waals surface area (Å²) in [6.45, 7) is 9.38. The summed E-state index contributed by atoms with van der Waals surface area (Å²) in [5.74, 6) is 2.04. The van der Waals surface area contributed by atoms with Gasteiger partial charge in [0.1, 0.15) is 6.61 Å². The lowest BCUT2D eigenvalue weighted by atomic mass is 9.43. The van der Waals surface area contributed by atoms with Crippen LogP contribution < -0.4 is 11.5 Å². The summed E-state index contributed by atoms with van der Waals surface area (Å²) in [4.78, 5) is 5.42. The highest BCUT2D eigenvalue weighted by molar-refractivity contribution is 5.85. The number of rotatable bonds is 8. The molecule has 0 heterocycles. The second kappa shape index (κ2) is 9.52. The largest absolute Gasteiger partial charge is 0.395 e. The van der Waals surface area contributed by atoms with Gasteiger partial charge in [0.15, 0.2) is 0 Å². The van der Waals surface area contributed by atoms with Crippen LogP contribution in [0.2, 0.25) is 0 Å². The van der Waals surface area contributed by atoms with Gasteiger partial charge in [0.25, 0.3) is 0 Å². The van der Waals surface area contributed by atoms with Gasteiger partial charge in [-0.15, -0.1) is 0 Å². The van der Waals surface area contributed by atoms with Crippen LogP contribution in [-0.2, 0) is 9.57 Å². The van der Waals surface area contributed by atoms with Crippen molar-refractivity contribution in [1.82, 2.24) is 0 Å². The van der Waals surface area contributed by atoms with Crippen LogP contribution in [0.1, 0.15) is 85.0 Å². The van der Waals surface area contributed by atoms with Crippen molar-refractivity contribution >= 4 is 5.71 Å². The summed E-state index contributed by atoms with van der Waals surface area (Å²) in [6, 6.07) is 0. The summed E-state index contributed by atoms with van der Waals surface area (Å²) in [7, 11) is 0. The maximum atomic E-state index is 12.3. The van der Waals surface area contributed by atoms with Crippen molar-refractivity contribution in [3.05, 3.63) is 0 Å². The number of hydrogen-bond donors (Lipinski definition) is 3. The van der Waals surface area contributed by atoms with Gasteiger partial charge in [-0.3, -0.25) is 0 Å². The molecule has 0 spiro atoms. The Morgan fingerprint density at radius 1 is 0.969 bits per heavy atom. The molecule has 0 aliphatic heterocycles. The molecule has 4 saturated carbocycles. The predicted molar refractivity (Wildman–Crippen MR) is 128 cm³/mol. The average Bonchev–Trinajstić information content (AvgIpc) is 3.05. The first-order chi connectivity index (χ1) is 15.3. The van der Waals surface area contributed by atoms with E-state index >= 15 is 0 Å². The molecule has 8 atom stereocenters. The highest BCUT2D eigenvalue weighted by atomic mass is 16.6. The molecule has 6 heteroatoms. The van der Waals surface area contributed by atoms with Crippen LogP contribution in [-0.4, -0.2) is 48.8 Å². The number of aliphatic hydroxyl groups is 1. The van der Waals surface area contributed by atoms with Gasteiger partial charge in [-0.05, 0) is 101 Å².